The van der Waals surface area contributed by atoms with Gasteiger partial charge < -0.3 is 5.32 Å². The third kappa shape index (κ3) is 3.92. The van der Waals surface area contributed by atoms with Gasteiger partial charge in [0.15, 0.2) is 0 Å². The first-order valence-electron chi connectivity index (χ1n) is 5.30. The number of halogens is 2. The van der Waals surface area contributed by atoms with Gasteiger partial charge in [-0.05, 0) is 45.8 Å². The summed E-state index contributed by atoms with van der Waals surface area (Å²) in [6.07, 6.45) is 0.335. The van der Waals surface area contributed by atoms with Crippen LogP contribution in [0.4, 0.5) is 5.82 Å². The first-order valence-corrected chi connectivity index (χ1v) is 6.89. The summed E-state index contributed by atoms with van der Waals surface area (Å²) < 4.78 is 1.70. The van der Waals surface area contributed by atoms with Gasteiger partial charge in [0.2, 0.25) is 5.91 Å². The zero-order valence-corrected chi connectivity index (χ0v) is 12.5. The maximum absolute atomic E-state index is 11.8. The Morgan fingerprint density at radius 2 is 1.83 bits per heavy atom. The van der Waals surface area contributed by atoms with Crippen LogP contribution in [0.25, 0.3) is 0 Å². The highest BCUT2D eigenvalue weighted by Crippen LogP contribution is 2.13. The molecule has 5 heteroatoms. The van der Waals surface area contributed by atoms with Crippen LogP contribution in [0.5, 0.6) is 0 Å². The van der Waals surface area contributed by atoms with Crippen molar-refractivity contribution in [3.63, 3.8) is 0 Å². The second-order valence-corrected chi connectivity index (χ2v) is 5.43. The average Bonchev–Trinajstić information content (AvgIpc) is 2.32. The molecular formula is C13H10Br2N2O. The number of aromatic nitrogens is 1. The topological polar surface area (TPSA) is 42.0 Å². The number of anilines is 1. The highest BCUT2D eigenvalue weighted by Gasteiger charge is 2.05. The van der Waals surface area contributed by atoms with E-state index < -0.39 is 0 Å². The van der Waals surface area contributed by atoms with Gasteiger partial charge >= 0.3 is 0 Å². The van der Waals surface area contributed by atoms with E-state index in [1.165, 1.54) is 0 Å². The normalized spacial score (nSPS) is 10.1. The van der Waals surface area contributed by atoms with E-state index in [4.69, 9.17) is 0 Å². The Bertz CT molecular complexity index is 555. The second kappa shape index (κ2) is 6.11. The maximum atomic E-state index is 11.8. The Morgan fingerprint density at radius 3 is 2.50 bits per heavy atom. The van der Waals surface area contributed by atoms with Gasteiger partial charge in [0.25, 0.3) is 0 Å². The van der Waals surface area contributed by atoms with E-state index in [1.807, 2.05) is 36.4 Å². The first kappa shape index (κ1) is 13.2. The molecule has 0 spiro atoms. The standard InChI is InChI=1S/C13H10Br2N2O/c14-10-6-4-9(5-7-10)8-13(18)17-12-3-1-2-11(15)16-12/h1-7H,8H2,(H,16,17,18). The first-order chi connectivity index (χ1) is 8.63. The molecule has 2 rings (SSSR count). The SMILES string of the molecule is O=C(Cc1ccc(Br)cc1)Nc1cccc(Br)n1. The third-order valence-electron chi connectivity index (χ3n) is 2.26. The summed E-state index contributed by atoms with van der Waals surface area (Å²) in [5.74, 6) is 0.467. The highest BCUT2D eigenvalue weighted by molar-refractivity contribution is 9.10. The van der Waals surface area contributed by atoms with Gasteiger partial charge in [-0.25, -0.2) is 4.98 Å². The average molecular weight is 370 g/mol. The Kier molecular flexibility index (Phi) is 4.49. The zero-order valence-electron chi connectivity index (χ0n) is 9.36. The maximum Gasteiger partial charge on any atom is 0.229 e. The molecular weight excluding hydrogens is 360 g/mol. The molecule has 0 saturated carbocycles. The number of carbonyl (C=O) groups excluding carboxylic acids is 1. The predicted molar refractivity (Wildman–Crippen MR) is 78.4 cm³/mol. The smallest absolute Gasteiger partial charge is 0.229 e. The highest BCUT2D eigenvalue weighted by atomic mass is 79.9. The number of pyridine rings is 1. The molecule has 0 atom stereocenters. The van der Waals surface area contributed by atoms with E-state index in [-0.39, 0.29) is 5.91 Å². The third-order valence-corrected chi connectivity index (χ3v) is 3.23. The molecule has 0 saturated heterocycles. The van der Waals surface area contributed by atoms with E-state index in [2.05, 4.69) is 42.2 Å². The summed E-state index contributed by atoms with van der Waals surface area (Å²) in [6, 6.07) is 13.1. The Labute approximate surface area is 122 Å². The molecule has 0 bridgehead atoms. The Balaban J connectivity index is 1.98. The van der Waals surface area contributed by atoms with Crippen LogP contribution in [-0.4, -0.2) is 10.9 Å². The van der Waals surface area contributed by atoms with Crippen LogP contribution in [0.3, 0.4) is 0 Å². The van der Waals surface area contributed by atoms with Crippen LogP contribution in [0.15, 0.2) is 51.5 Å². The molecule has 0 radical (unpaired) electrons. The van der Waals surface area contributed by atoms with Gasteiger partial charge in [-0.15, -0.1) is 0 Å². The van der Waals surface area contributed by atoms with Gasteiger partial charge in [0.05, 0.1) is 6.42 Å². The molecule has 0 aliphatic rings. The lowest BCUT2D eigenvalue weighted by Crippen LogP contribution is -2.15. The monoisotopic (exact) mass is 368 g/mol. The van der Waals surface area contributed by atoms with Crippen molar-refractivity contribution in [2.45, 2.75) is 6.42 Å². The number of nitrogens with zero attached hydrogens (tertiary/aromatic N) is 1. The van der Waals surface area contributed by atoms with Crippen LogP contribution in [0.1, 0.15) is 5.56 Å². The molecule has 1 aromatic carbocycles. The van der Waals surface area contributed by atoms with Gasteiger partial charge in [-0.1, -0.05) is 34.1 Å². The Hall–Kier alpha value is -1.20. The van der Waals surface area contributed by atoms with E-state index in [0.29, 0.717) is 16.8 Å². The molecule has 3 nitrogen and oxygen atoms in total. The van der Waals surface area contributed by atoms with Gasteiger partial charge in [-0.2, -0.15) is 0 Å². The lowest BCUT2D eigenvalue weighted by molar-refractivity contribution is -0.115. The van der Waals surface area contributed by atoms with Gasteiger partial charge in [0.1, 0.15) is 10.4 Å². The van der Waals surface area contributed by atoms with Crippen molar-refractivity contribution < 1.29 is 4.79 Å². The van der Waals surface area contributed by atoms with Gasteiger partial charge in [-0.3, -0.25) is 4.79 Å². The van der Waals surface area contributed by atoms with Gasteiger partial charge in [0, 0.05) is 4.47 Å². The van der Waals surface area contributed by atoms with Crippen molar-refractivity contribution in [1.29, 1.82) is 0 Å². The van der Waals surface area contributed by atoms with Crippen molar-refractivity contribution in [3.05, 3.63) is 57.1 Å². The fraction of sp³-hybridized carbons (Fsp3) is 0.0769. The molecule has 1 aromatic heterocycles. The van der Waals surface area contributed by atoms with E-state index in [9.17, 15) is 4.79 Å². The van der Waals surface area contributed by atoms with Crippen LogP contribution < -0.4 is 5.32 Å². The second-order valence-electron chi connectivity index (χ2n) is 3.70. The summed E-state index contributed by atoms with van der Waals surface area (Å²) in [6.45, 7) is 0. The summed E-state index contributed by atoms with van der Waals surface area (Å²) in [5, 5.41) is 2.75. The van der Waals surface area contributed by atoms with Crippen LogP contribution in [0.2, 0.25) is 0 Å². The minimum absolute atomic E-state index is 0.0806. The molecule has 1 heterocycles. The number of benzene rings is 1. The summed E-state index contributed by atoms with van der Waals surface area (Å²) >= 11 is 6.62. The molecule has 0 fully saturated rings. The lowest BCUT2D eigenvalue weighted by atomic mass is 10.1. The minimum atomic E-state index is -0.0806. The molecule has 1 N–H and O–H groups in total. The number of hydrogen-bond acceptors (Lipinski definition) is 2. The largest absolute Gasteiger partial charge is 0.310 e. The van der Waals surface area contributed by atoms with Crippen molar-refractivity contribution in [2.24, 2.45) is 0 Å². The minimum Gasteiger partial charge on any atom is -0.310 e. The Morgan fingerprint density at radius 1 is 1.11 bits per heavy atom. The summed E-state index contributed by atoms with van der Waals surface area (Å²) in [7, 11) is 0. The molecule has 2 aromatic rings. The quantitative estimate of drug-likeness (QED) is 0.836. The predicted octanol–water partition coefficient (Wildman–Crippen LogP) is 3.79. The van der Waals surface area contributed by atoms with Crippen LogP contribution >= 0.6 is 31.9 Å². The lowest BCUT2D eigenvalue weighted by Gasteiger charge is -2.05. The number of amides is 1. The zero-order chi connectivity index (χ0) is 13.0. The molecule has 1 amide bonds. The number of carbonyl (C=O) groups is 1. The number of nitrogens with one attached hydrogen (secondary N) is 1. The number of hydrogen-bond donors (Lipinski definition) is 1. The fourth-order valence-electron chi connectivity index (χ4n) is 1.45. The van der Waals surface area contributed by atoms with E-state index in [0.717, 1.165) is 10.0 Å². The molecule has 92 valence electrons. The van der Waals surface area contributed by atoms with Crippen molar-refractivity contribution in [3.8, 4) is 0 Å². The fourth-order valence-corrected chi connectivity index (χ4v) is 2.06. The van der Waals surface area contributed by atoms with Crippen LogP contribution in [0, 0.1) is 0 Å². The number of rotatable bonds is 3. The van der Waals surface area contributed by atoms with Crippen molar-refractivity contribution in [2.75, 3.05) is 5.32 Å². The van der Waals surface area contributed by atoms with E-state index >= 15 is 0 Å². The van der Waals surface area contributed by atoms with Crippen LogP contribution in [-0.2, 0) is 11.2 Å². The van der Waals surface area contributed by atoms with Crippen molar-refractivity contribution in [1.82, 2.24) is 4.98 Å². The summed E-state index contributed by atoms with van der Waals surface area (Å²) in [4.78, 5) is 15.9. The summed E-state index contributed by atoms with van der Waals surface area (Å²) in [5.41, 5.74) is 0.964. The molecule has 18 heavy (non-hydrogen) atoms. The van der Waals surface area contributed by atoms with Crippen molar-refractivity contribution >= 4 is 43.6 Å². The van der Waals surface area contributed by atoms with E-state index in [1.54, 1.807) is 6.07 Å². The molecule has 0 aliphatic heterocycles. The molecule has 0 unspecified atom stereocenters. The molecule has 0 aliphatic carbocycles.